The second-order valence-corrected chi connectivity index (χ2v) is 4.07. The van der Waals surface area contributed by atoms with Gasteiger partial charge in [-0.1, -0.05) is 24.3 Å². The Morgan fingerprint density at radius 1 is 1.46 bits per heavy atom. The van der Waals surface area contributed by atoms with Crippen molar-refractivity contribution < 1.29 is 5.11 Å². The van der Waals surface area contributed by atoms with Crippen LogP contribution in [0.15, 0.2) is 24.3 Å². The second-order valence-electron chi connectivity index (χ2n) is 4.07. The van der Waals surface area contributed by atoms with Crippen molar-refractivity contribution in [2.24, 2.45) is 0 Å². The molecule has 1 aromatic rings. The lowest BCUT2D eigenvalue weighted by atomic mass is 10.0. The van der Waals surface area contributed by atoms with Gasteiger partial charge in [0, 0.05) is 0 Å². The van der Waals surface area contributed by atoms with E-state index in [1.807, 2.05) is 6.92 Å². The molecule has 0 saturated heterocycles. The van der Waals surface area contributed by atoms with Crippen molar-refractivity contribution in [3.63, 3.8) is 0 Å². The van der Waals surface area contributed by atoms with E-state index in [0.717, 1.165) is 12.3 Å². The van der Waals surface area contributed by atoms with Crippen LogP contribution in [-0.4, -0.2) is 11.2 Å². The van der Waals surface area contributed by atoms with Crippen molar-refractivity contribution >= 4 is 0 Å². The molecule has 0 amide bonds. The van der Waals surface area contributed by atoms with Gasteiger partial charge < -0.3 is 5.11 Å². The van der Waals surface area contributed by atoms with Crippen molar-refractivity contribution in [2.45, 2.75) is 38.2 Å². The Morgan fingerprint density at radius 3 is 2.85 bits per heavy atom. The minimum atomic E-state index is -0.227. The highest BCUT2D eigenvalue weighted by Crippen LogP contribution is 2.40. The maximum Gasteiger partial charge on any atom is 0.0552 e. The molecule has 1 saturated carbocycles. The Labute approximate surface area is 79.4 Å². The summed E-state index contributed by atoms with van der Waals surface area (Å²) in [5.74, 6) is 0.814. The van der Waals surface area contributed by atoms with Crippen molar-refractivity contribution in [3.05, 3.63) is 35.4 Å². The molecule has 0 radical (unpaired) electrons. The van der Waals surface area contributed by atoms with Crippen LogP contribution in [0.25, 0.3) is 0 Å². The van der Waals surface area contributed by atoms with Crippen LogP contribution in [0.3, 0.4) is 0 Å². The van der Waals surface area contributed by atoms with Gasteiger partial charge in [-0.15, -0.1) is 0 Å². The zero-order valence-corrected chi connectivity index (χ0v) is 8.03. The van der Waals surface area contributed by atoms with E-state index in [4.69, 9.17) is 0 Å². The van der Waals surface area contributed by atoms with Gasteiger partial charge in [0.25, 0.3) is 0 Å². The molecule has 0 aromatic heterocycles. The average molecular weight is 176 g/mol. The van der Waals surface area contributed by atoms with Gasteiger partial charge in [0.1, 0.15) is 0 Å². The SMILES string of the molecule is CC(O)Cc1cccc(C2CC2)c1. The van der Waals surface area contributed by atoms with E-state index in [9.17, 15) is 5.11 Å². The van der Waals surface area contributed by atoms with Crippen molar-refractivity contribution in [1.29, 1.82) is 0 Å². The van der Waals surface area contributed by atoms with Crippen LogP contribution in [0.2, 0.25) is 0 Å². The Hall–Kier alpha value is -0.820. The highest BCUT2D eigenvalue weighted by atomic mass is 16.3. The first kappa shape index (κ1) is 8.76. The number of hydrogen-bond donors (Lipinski definition) is 1. The third-order valence-electron chi connectivity index (χ3n) is 2.53. The molecule has 0 heterocycles. The number of aliphatic hydroxyl groups is 1. The van der Waals surface area contributed by atoms with E-state index >= 15 is 0 Å². The molecule has 2 rings (SSSR count). The third-order valence-corrected chi connectivity index (χ3v) is 2.53. The van der Waals surface area contributed by atoms with Gasteiger partial charge in [-0.25, -0.2) is 0 Å². The molecule has 1 aliphatic rings. The minimum absolute atomic E-state index is 0.227. The summed E-state index contributed by atoms with van der Waals surface area (Å²) in [6, 6.07) is 8.64. The third kappa shape index (κ3) is 2.31. The Balaban J connectivity index is 2.12. The summed E-state index contributed by atoms with van der Waals surface area (Å²) in [7, 11) is 0. The highest BCUT2D eigenvalue weighted by Gasteiger charge is 2.23. The summed E-state index contributed by atoms with van der Waals surface area (Å²) in [4.78, 5) is 0. The fraction of sp³-hybridized carbons (Fsp3) is 0.500. The molecule has 1 unspecified atom stereocenters. The lowest BCUT2D eigenvalue weighted by Gasteiger charge is -2.06. The molecular formula is C12H16O. The van der Waals surface area contributed by atoms with Crippen molar-refractivity contribution in [1.82, 2.24) is 0 Å². The molecule has 1 N–H and O–H groups in total. The van der Waals surface area contributed by atoms with Crippen LogP contribution in [0.4, 0.5) is 0 Å². The highest BCUT2D eigenvalue weighted by molar-refractivity contribution is 5.29. The normalized spacial score (nSPS) is 18.6. The van der Waals surface area contributed by atoms with Crippen molar-refractivity contribution in [2.75, 3.05) is 0 Å². The van der Waals surface area contributed by atoms with Crippen molar-refractivity contribution in [3.8, 4) is 0 Å². The summed E-state index contributed by atoms with van der Waals surface area (Å²) >= 11 is 0. The van der Waals surface area contributed by atoms with E-state index in [2.05, 4.69) is 24.3 Å². The molecule has 1 heteroatoms. The summed E-state index contributed by atoms with van der Waals surface area (Å²) in [5.41, 5.74) is 2.72. The summed E-state index contributed by atoms with van der Waals surface area (Å²) in [5, 5.41) is 9.25. The Morgan fingerprint density at radius 2 is 2.23 bits per heavy atom. The average Bonchev–Trinajstić information content (AvgIpc) is 2.85. The summed E-state index contributed by atoms with van der Waals surface area (Å²) in [6.07, 6.45) is 3.24. The van der Waals surface area contributed by atoms with Gasteiger partial charge >= 0.3 is 0 Å². The summed E-state index contributed by atoms with van der Waals surface area (Å²) in [6.45, 7) is 1.84. The first-order valence-corrected chi connectivity index (χ1v) is 5.02. The lowest BCUT2D eigenvalue weighted by molar-refractivity contribution is 0.195. The first-order chi connectivity index (χ1) is 6.25. The van der Waals surface area contributed by atoms with Gasteiger partial charge in [0.15, 0.2) is 0 Å². The predicted molar refractivity (Wildman–Crippen MR) is 53.8 cm³/mol. The molecule has 0 bridgehead atoms. The molecule has 1 aromatic carbocycles. The number of hydrogen-bond acceptors (Lipinski definition) is 1. The summed E-state index contributed by atoms with van der Waals surface area (Å²) < 4.78 is 0. The van der Waals surface area contributed by atoms with E-state index in [-0.39, 0.29) is 6.10 Å². The monoisotopic (exact) mass is 176 g/mol. The molecule has 1 nitrogen and oxygen atoms in total. The molecule has 70 valence electrons. The van der Waals surface area contributed by atoms with E-state index in [0.29, 0.717) is 0 Å². The van der Waals surface area contributed by atoms with Crippen LogP contribution in [-0.2, 0) is 6.42 Å². The molecular weight excluding hydrogens is 160 g/mol. The molecule has 1 aliphatic carbocycles. The van der Waals surface area contributed by atoms with E-state index in [1.165, 1.54) is 24.0 Å². The largest absolute Gasteiger partial charge is 0.393 e. The number of aliphatic hydroxyl groups excluding tert-OH is 1. The van der Waals surface area contributed by atoms with E-state index in [1.54, 1.807) is 0 Å². The van der Waals surface area contributed by atoms with Crippen LogP contribution < -0.4 is 0 Å². The molecule has 0 aliphatic heterocycles. The van der Waals surface area contributed by atoms with Gasteiger partial charge in [-0.3, -0.25) is 0 Å². The van der Waals surface area contributed by atoms with Gasteiger partial charge in [0.05, 0.1) is 6.10 Å². The molecule has 1 atom stereocenters. The predicted octanol–water partition coefficient (Wildman–Crippen LogP) is 2.49. The van der Waals surface area contributed by atoms with Gasteiger partial charge in [0.2, 0.25) is 0 Å². The quantitative estimate of drug-likeness (QED) is 0.750. The minimum Gasteiger partial charge on any atom is -0.393 e. The fourth-order valence-electron chi connectivity index (χ4n) is 1.73. The van der Waals surface area contributed by atoms with Crippen LogP contribution in [0.5, 0.6) is 0 Å². The van der Waals surface area contributed by atoms with Gasteiger partial charge in [-0.05, 0) is 43.2 Å². The zero-order valence-electron chi connectivity index (χ0n) is 8.03. The molecule has 0 spiro atoms. The zero-order chi connectivity index (χ0) is 9.26. The number of benzene rings is 1. The van der Waals surface area contributed by atoms with E-state index < -0.39 is 0 Å². The van der Waals surface area contributed by atoms with Gasteiger partial charge in [-0.2, -0.15) is 0 Å². The van der Waals surface area contributed by atoms with Crippen LogP contribution in [0, 0.1) is 0 Å². The standard InChI is InChI=1S/C12H16O/c1-9(13)7-10-3-2-4-12(8-10)11-5-6-11/h2-4,8-9,11,13H,5-7H2,1H3. The fourth-order valence-corrected chi connectivity index (χ4v) is 1.73. The van der Waals surface area contributed by atoms with Crippen LogP contribution >= 0.6 is 0 Å². The lowest BCUT2D eigenvalue weighted by Crippen LogP contribution is -2.04. The Kier molecular flexibility index (Phi) is 2.36. The Bertz CT molecular complexity index is 287. The van der Waals surface area contributed by atoms with Crippen LogP contribution in [0.1, 0.15) is 36.8 Å². The topological polar surface area (TPSA) is 20.2 Å². The smallest absolute Gasteiger partial charge is 0.0552 e. The first-order valence-electron chi connectivity index (χ1n) is 5.02. The number of rotatable bonds is 3. The molecule has 13 heavy (non-hydrogen) atoms. The maximum atomic E-state index is 9.25. The maximum absolute atomic E-state index is 9.25. The second kappa shape index (κ2) is 3.51. The molecule has 1 fully saturated rings.